The topological polar surface area (TPSA) is 53.7 Å². The molecule has 1 aromatic carbocycles. The first-order chi connectivity index (χ1) is 8.60. The van der Waals surface area contributed by atoms with Gasteiger partial charge in [0.25, 0.3) is 0 Å². The number of methoxy groups -OCH3 is 2. The van der Waals surface area contributed by atoms with Gasteiger partial charge in [0.2, 0.25) is 0 Å². The Bertz CT molecular complexity index is 414. The lowest BCUT2D eigenvalue weighted by atomic mass is 9.88. The zero-order valence-electron chi connectivity index (χ0n) is 11.2. The van der Waals surface area contributed by atoms with Crippen molar-refractivity contribution < 1.29 is 14.2 Å². The van der Waals surface area contributed by atoms with Gasteiger partial charge >= 0.3 is 0 Å². The summed E-state index contributed by atoms with van der Waals surface area (Å²) in [5.74, 6) is 1.56. The van der Waals surface area contributed by atoms with Crippen LogP contribution in [-0.2, 0) is 4.74 Å². The minimum Gasteiger partial charge on any atom is -0.497 e. The summed E-state index contributed by atoms with van der Waals surface area (Å²) in [5.41, 5.74) is 6.99. The van der Waals surface area contributed by atoms with Crippen molar-refractivity contribution in [1.29, 1.82) is 0 Å². The lowest BCUT2D eigenvalue weighted by Gasteiger charge is -2.31. The van der Waals surface area contributed by atoms with E-state index in [2.05, 4.69) is 6.92 Å². The van der Waals surface area contributed by atoms with E-state index in [-0.39, 0.29) is 11.6 Å². The van der Waals surface area contributed by atoms with Crippen molar-refractivity contribution in [3.8, 4) is 11.5 Å². The maximum atomic E-state index is 6.37. The number of hydrogen-bond acceptors (Lipinski definition) is 4. The molecule has 0 spiro atoms. The van der Waals surface area contributed by atoms with E-state index in [1.807, 2.05) is 18.2 Å². The highest BCUT2D eigenvalue weighted by Crippen LogP contribution is 2.40. The summed E-state index contributed by atoms with van der Waals surface area (Å²) in [6.45, 7) is 2.83. The van der Waals surface area contributed by atoms with Crippen LogP contribution in [0.25, 0.3) is 0 Å². The molecule has 2 N–H and O–H groups in total. The van der Waals surface area contributed by atoms with Gasteiger partial charge in [-0.2, -0.15) is 0 Å². The zero-order chi connectivity index (χ0) is 13.2. The second kappa shape index (κ2) is 5.16. The fraction of sp³-hybridized carbons (Fsp3) is 0.571. The van der Waals surface area contributed by atoms with Crippen LogP contribution in [-0.4, -0.2) is 26.4 Å². The maximum Gasteiger partial charge on any atom is 0.124 e. The fourth-order valence-electron chi connectivity index (χ4n) is 2.46. The molecule has 0 aliphatic carbocycles. The Morgan fingerprint density at radius 2 is 2.11 bits per heavy atom. The number of hydrogen-bond donors (Lipinski definition) is 1. The van der Waals surface area contributed by atoms with Crippen LogP contribution in [0.4, 0.5) is 0 Å². The van der Waals surface area contributed by atoms with Crippen molar-refractivity contribution in [3.63, 3.8) is 0 Å². The minimum absolute atomic E-state index is 0.218. The summed E-state index contributed by atoms with van der Waals surface area (Å²) >= 11 is 0. The van der Waals surface area contributed by atoms with E-state index >= 15 is 0 Å². The molecule has 1 fully saturated rings. The van der Waals surface area contributed by atoms with E-state index in [1.54, 1.807) is 14.2 Å². The third-order valence-electron chi connectivity index (χ3n) is 3.68. The van der Waals surface area contributed by atoms with Crippen molar-refractivity contribution in [2.75, 3.05) is 20.8 Å². The second-order valence-corrected chi connectivity index (χ2v) is 4.85. The third-order valence-corrected chi connectivity index (χ3v) is 3.68. The quantitative estimate of drug-likeness (QED) is 0.892. The van der Waals surface area contributed by atoms with E-state index < -0.39 is 0 Å². The van der Waals surface area contributed by atoms with Crippen LogP contribution in [0.1, 0.15) is 31.4 Å². The molecule has 18 heavy (non-hydrogen) atoms. The highest BCUT2D eigenvalue weighted by molar-refractivity contribution is 5.43. The van der Waals surface area contributed by atoms with E-state index in [0.717, 1.165) is 36.5 Å². The van der Waals surface area contributed by atoms with E-state index in [1.165, 1.54) is 0 Å². The third kappa shape index (κ3) is 2.31. The number of benzene rings is 1. The van der Waals surface area contributed by atoms with Gasteiger partial charge < -0.3 is 19.9 Å². The lowest BCUT2D eigenvalue weighted by molar-refractivity contribution is -0.00229. The Balaban J connectivity index is 2.35. The SMILES string of the molecule is COc1ccc(OC)c(C(N)C2(C)CCCO2)c1. The fourth-order valence-corrected chi connectivity index (χ4v) is 2.46. The molecule has 4 heteroatoms. The predicted octanol–water partition coefficient (Wildman–Crippen LogP) is 2.27. The lowest BCUT2D eigenvalue weighted by Crippen LogP contribution is -2.37. The molecule has 2 atom stereocenters. The molecule has 0 radical (unpaired) electrons. The number of ether oxygens (including phenoxy) is 3. The first-order valence-corrected chi connectivity index (χ1v) is 6.22. The van der Waals surface area contributed by atoms with Crippen molar-refractivity contribution in [3.05, 3.63) is 23.8 Å². The van der Waals surface area contributed by atoms with E-state index in [0.29, 0.717) is 0 Å². The summed E-state index contributed by atoms with van der Waals surface area (Å²) in [5, 5.41) is 0. The van der Waals surface area contributed by atoms with Gasteiger partial charge in [-0.1, -0.05) is 0 Å². The molecule has 2 rings (SSSR count). The van der Waals surface area contributed by atoms with E-state index in [4.69, 9.17) is 19.9 Å². The summed E-state index contributed by atoms with van der Waals surface area (Å²) in [6, 6.07) is 5.46. The molecular formula is C14H21NO3. The van der Waals surface area contributed by atoms with Gasteiger partial charge in [-0.3, -0.25) is 0 Å². The highest BCUT2D eigenvalue weighted by Gasteiger charge is 2.38. The van der Waals surface area contributed by atoms with Crippen molar-refractivity contribution in [2.45, 2.75) is 31.4 Å². The standard InChI is InChI=1S/C14H21NO3/c1-14(7-4-8-18-14)13(15)11-9-10(16-2)5-6-12(11)17-3/h5-6,9,13H,4,7-8,15H2,1-3H3. The summed E-state index contributed by atoms with van der Waals surface area (Å²) in [6.07, 6.45) is 2.02. The Morgan fingerprint density at radius 3 is 2.67 bits per heavy atom. The minimum atomic E-state index is -0.320. The van der Waals surface area contributed by atoms with Gasteiger partial charge in [0.15, 0.2) is 0 Å². The normalized spacial score (nSPS) is 24.9. The molecule has 2 unspecified atom stereocenters. The van der Waals surface area contributed by atoms with Crippen LogP contribution in [0, 0.1) is 0 Å². The molecule has 1 aromatic rings. The second-order valence-electron chi connectivity index (χ2n) is 4.85. The molecular weight excluding hydrogens is 230 g/mol. The molecule has 1 aliphatic heterocycles. The molecule has 0 amide bonds. The summed E-state index contributed by atoms with van der Waals surface area (Å²) in [7, 11) is 3.29. The number of rotatable bonds is 4. The van der Waals surface area contributed by atoms with Crippen LogP contribution in [0.2, 0.25) is 0 Å². The van der Waals surface area contributed by atoms with Gasteiger partial charge in [-0.05, 0) is 38.0 Å². The molecule has 1 aliphatic rings. The van der Waals surface area contributed by atoms with E-state index in [9.17, 15) is 0 Å². The molecule has 0 bridgehead atoms. The van der Waals surface area contributed by atoms with Crippen molar-refractivity contribution in [2.24, 2.45) is 5.73 Å². The Morgan fingerprint density at radius 1 is 1.33 bits per heavy atom. The molecule has 0 saturated carbocycles. The summed E-state index contributed by atoms with van der Waals surface area (Å²) < 4.78 is 16.4. The monoisotopic (exact) mass is 251 g/mol. The van der Waals surface area contributed by atoms with Crippen LogP contribution < -0.4 is 15.2 Å². The van der Waals surface area contributed by atoms with Gasteiger partial charge in [-0.15, -0.1) is 0 Å². The smallest absolute Gasteiger partial charge is 0.124 e. The molecule has 1 saturated heterocycles. The van der Waals surface area contributed by atoms with Crippen LogP contribution in [0.3, 0.4) is 0 Å². The molecule has 1 heterocycles. The average molecular weight is 251 g/mol. The van der Waals surface area contributed by atoms with Crippen molar-refractivity contribution in [1.82, 2.24) is 0 Å². The largest absolute Gasteiger partial charge is 0.497 e. The maximum absolute atomic E-state index is 6.37. The predicted molar refractivity (Wildman–Crippen MR) is 70.1 cm³/mol. The van der Waals surface area contributed by atoms with Crippen LogP contribution >= 0.6 is 0 Å². The van der Waals surface area contributed by atoms with Gasteiger partial charge in [0.1, 0.15) is 11.5 Å². The van der Waals surface area contributed by atoms with Gasteiger partial charge in [-0.25, -0.2) is 0 Å². The average Bonchev–Trinajstić information content (AvgIpc) is 2.85. The molecule has 4 nitrogen and oxygen atoms in total. The highest BCUT2D eigenvalue weighted by atomic mass is 16.5. The Hall–Kier alpha value is -1.26. The van der Waals surface area contributed by atoms with Crippen LogP contribution in [0.5, 0.6) is 11.5 Å². The Kier molecular flexibility index (Phi) is 3.78. The molecule has 0 aromatic heterocycles. The van der Waals surface area contributed by atoms with Gasteiger partial charge in [0, 0.05) is 12.2 Å². The summed E-state index contributed by atoms with van der Waals surface area (Å²) in [4.78, 5) is 0. The van der Waals surface area contributed by atoms with Gasteiger partial charge in [0.05, 0.1) is 25.9 Å². The Labute approximate surface area is 108 Å². The zero-order valence-corrected chi connectivity index (χ0v) is 11.2. The number of nitrogens with two attached hydrogens (primary N) is 1. The first-order valence-electron chi connectivity index (χ1n) is 6.22. The van der Waals surface area contributed by atoms with Crippen molar-refractivity contribution >= 4 is 0 Å². The molecule has 100 valence electrons. The van der Waals surface area contributed by atoms with Crippen LogP contribution in [0.15, 0.2) is 18.2 Å². The first kappa shape index (κ1) is 13.2.